The molecular formula is C16H33IN4OS. The number of halogens is 1. The number of hydrogen-bond donors (Lipinski definition) is 3. The van der Waals surface area contributed by atoms with Crippen molar-refractivity contribution in [2.45, 2.75) is 58.2 Å². The van der Waals surface area contributed by atoms with Crippen LogP contribution in [0.15, 0.2) is 4.99 Å². The third-order valence-corrected chi connectivity index (χ3v) is 4.91. The van der Waals surface area contributed by atoms with Crippen LogP contribution in [0, 0.1) is 5.92 Å². The van der Waals surface area contributed by atoms with Gasteiger partial charge in [0.05, 0.1) is 6.54 Å². The van der Waals surface area contributed by atoms with Gasteiger partial charge in [0.15, 0.2) is 5.96 Å². The van der Waals surface area contributed by atoms with E-state index in [0.717, 1.165) is 17.8 Å². The molecule has 7 heteroatoms. The average molecular weight is 456 g/mol. The molecule has 1 amide bonds. The first-order valence-corrected chi connectivity index (χ1v) is 9.55. The number of amides is 1. The summed E-state index contributed by atoms with van der Waals surface area (Å²) < 4.78 is 0. The molecule has 1 saturated carbocycles. The number of rotatable bonds is 8. The quantitative estimate of drug-likeness (QED) is 0.227. The van der Waals surface area contributed by atoms with E-state index < -0.39 is 0 Å². The third kappa shape index (κ3) is 9.64. The lowest BCUT2D eigenvalue weighted by atomic mass is 10.2. The highest BCUT2D eigenvalue weighted by Crippen LogP contribution is 2.29. The summed E-state index contributed by atoms with van der Waals surface area (Å²) in [6, 6.07) is 0.520. The second-order valence-corrected chi connectivity index (χ2v) is 7.52. The number of thioether (sulfide) groups is 1. The normalized spacial score (nSPS) is 21.0. The van der Waals surface area contributed by atoms with Crippen molar-refractivity contribution < 1.29 is 4.79 Å². The maximum atomic E-state index is 11.5. The van der Waals surface area contributed by atoms with E-state index >= 15 is 0 Å². The number of guanidine groups is 1. The van der Waals surface area contributed by atoms with Crippen molar-refractivity contribution in [1.29, 1.82) is 0 Å². The lowest BCUT2D eigenvalue weighted by Gasteiger charge is -2.17. The van der Waals surface area contributed by atoms with Crippen molar-refractivity contribution >= 4 is 47.6 Å². The molecule has 1 aliphatic carbocycles. The molecule has 0 aromatic carbocycles. The topological polar surface area (TPSA) is 65.5 Å². The summed E-state index contributed by atoms with van der Waals surface area (Å²) in [6.45, 7) is 10.1. The molecule has 1 aliphatic rings. The average Bonchev–Trinajstić information content (AvgIpc) is 2.91. The van der Waals surface area contributed by atoms with Crippen LogP contribution in [-0.2, 0) is 4.79 Å². The SMILES string of the molecule is CCNC(=NCCNC(=O)C(C)C)NC1CCC(SCC)C1.I. The van der Waals surface area contributed by atoms with Crippen molar-refractivity contribution in [1.82, 2.24) is 16.0 Å². The van der Waals surface area contributed by atoms with Gasteiger partial charge in [-0.15, -0.1) is 24.0 Å². The van der Waals surface area contributed by atoms with Gasteiger partial charge >= 0.3 is 0 Å². The van der Waals surface area contributed by atoms with Gasteiger partial charge in [0.25, 0.3) is 0 Å². The monoisotopic (exact) mass is 456 g/mol. The summed E-state index contributed by atoms with van der Waals surface area (Å²) in [5.41, 5.74) is 0. The van der Waals surface area contributed by atoms with Crippen LogP contribution in [-0.4, -0.2) is 48.5 Å². The number of hydrogen-bond acceptors (Lipinski definition) is 3. The Kier molecular flexibility index (Phi) is 13.0. The van der Waals surface area contributed by atoms with Crippen LogP contribution in [0.3, 0.4) is 0 Å². The van der Waals surface area contributed by atoms with Gasteiger partial charge in [-0.1, -0.05) is 20.8 Å². The number of carbonyl (C=O) groups excluding carboxylic acids is 1. The highest BCUT2D eigenvalue weighted by Gasteiger charge is 2.24. The Morgan fingerprint density at radius 3 is 2.61 bits per heavy atom. The summed E-state index contributed by atoms with van der Waals surface area (Å²) in [5.74, 6) is 2.18. The second-order valence-electron chi connectivity index (χ2n) is 5.94. The number of carbonyl (C=O) groups is 1. The van der Waals surface area contributed by atoms with Gasteiger partial charge in [-0.05, 0) is 31.9 Å². The minimum Gasteiger partial charge on any atom is -0.357 e. The molecule has 1 fully saturated rings. The first kappa shape index (κ1) is 22.8. The van der Waals surface area contributed by atoms with Gasteiger partial charge in [0, 0.05) is 30.3 Å². The lowest BCUT2D eigenvalue weighted by molar-refractivity contribution is -0.123. The molecule has 0 aromatic rings. The van der Waals surface area contributed by atoms with Gasteiger partial charge in [-0.25, -0.2) is 0 Å². The minimum atomic E-state index is 0. The Morgan fingerprint density at radius 1 is 1.26 bits per heavy atom. The van der Waals surface area contributed by atoms with Crippen LogP contribution >= 0.6 is 35.7 Å². The van der Waals surface area contributed by atoms with E-state index in [0.29, 0.717) is 19.1 Å². The summed E-state index contributed by atoms with van der Waals surface area (Å²) in [7, 11) is 0. The molecule has 3 N–H and O–H groups in total. The van der Waals surface area contributed by atoms with Gasteiger partial charge in [-0.3, -0.25) is 9.79 Å². The van der Waals surface area contributed by atoms with E-state index in [-0.39, 0.29) is 35.8 Å². The van der Waals surface area contributed by atoms with E-state index in [9.17, 15) is 4.79 Å². The maximum Gasteiger partial charge on any atom is 0.222 e. The molecule has 1 rings (SSSR count). The number of nitrogens with one attached hydrogen (secondary N) is 3. The standard InChI is InChI=1S/C16H32N4OS.HI/c1-5-17-16(19-10-9-18-15(21)12(3)4)20-13-7-8-14(11-13)22-6-2;/h12-14H,5-11H2,1-4H3,(H,18,21)(H2,17,19,20);1H. The molecule has 23 heavy (non-hydrogen) atoms. The summed E-state index contributed by atoms with van der Waals surface area (Å²) in [5, 5.41) is 10.5. The Labute approximate surface area is 162 Å². The Balaban J connectivity index is 0.00000484. The first-order chi connectivity index (χ1) is 10.6. The van der Waals surface area contributed by atoms with Crippen LogP contribution < -0.4 is 16.0 Å². The summed E-state index contributed by atoms with van der Waals surface area (Å²) >= 11 is 2.06. The molecule has 0 radical (unpaired) electrons. The van der Waals surface area contributed by atoms with Crippen molar-refractivity contribution in [3.63, 3.8) is 0 Å². The number of aliphatic imine (C=N–C) groups is 1. The Hall–Kier alpha value is -0.180. The predicted octanol–water partition coefficient (Wildman–Crippen LogP) is 2.61. The lowest BCUT2D eigenvalue weighted by Crippen LogP contribution is -2.43. The van der Waals surface area contributed by atoms with E-state index in [1.165, 1.54) is 25.0 Å². The van der Waals surface area contributed by atoms with Crippen LogP contribution in [0.5, 0.6) is 0 Å². The van der Waals surface area contributed by atoms with E-state index in [4.69, 9.17) is 0 Å². The third-order valence-electron chi connectivity index (χ3n) is 3.68. The Bertz CT molecular complexity index is 366. The van der Waals surface area contributed by atoms with Gasteiger partial charge in [0.2, 0.25) is 5.91 Å². The maximum absolute atomic E-state index is 11.5. The van der Waals surface area contributed by atoms with Gasteiger partial charge < -0.3 is 16.0 Å². The van der Waals surface area contributed by atoms with Crippen LogP contribution in [0.4, 0.5) is 0 Å². The van der Waals surface area contributed by atoms with Crippen molar-refractivity contribution in [2.24, 2.45) is 10.9 Å². The predicted molar refractivity (Wildman–Crippen MR) is 112 cm³/mol. The van der Waals surface area contributed by atoms with Crippen molar-refractivity contribution in [3.05, 3.63) is 0 Å². The second kappa shape index (κ2) is 13.1. The molecule has 136 valence electrons. The van der Waals surface area contributed by atoms with Crippen LogP contribution in [0.1, 0.15) is 47.0 Å². The summed E-state index contributed by atoms with van der Waals surface area (Å²) in [6.07, 6.45) is 3.72. The van der Waals surface area contributed by atoms with Crippen LogP contribution in [0.25, 0.3) is 0 Å². The zero-order valence-electron chi connectivity index (χ0n) is 14.9. The summed E-state index contributed by atoms with van der Waals surface area (Å²) in [4.78, 5) is 16.0. The molecule has 0 saturated heterocycles. The molecule has 0 heterocycles. The molecular weight excluding hydrogens is 423 g/mol. The van der Waals surface area contributed by atoms with Crippen molar-refractivity contribution in [2.75, 3.05) is 25.4 Å². The smallest absolute Gasteiger partial charge is 0.222 e. The zero-order chi connectivity index (χ0) is 16.4. The molecule has 0 aromatic heterocycles. The molecule has 2 unspecified atom stereocenters. The Morgan fingerprint density at radius 2 is 2.00 bits per heavy atom. The molecule has 0 spiro atoms. The zero-order valence-corrected chi connectivity index (χ0v) is 18.0. The largest absolute Gasteiger partial charge is 0.357 e. The minimum absolute atomic E-state index is 0. The fourth-order valence-electron chi connectivity index (χ4n) is 2.52. The van der Waals surface area contributed by atoms with E-state index in [2.05, 4.69) is 46.6 Å². The molecule has 2 atom stereocenters. The first-order valence-electron chi connectivity index (χ1n) is 8.50. The van der Waals surface area contributed by atoms with Gasteiger partial charge in [-0.2, -0.15) is 11.8 Å². The van der Waals surface area contributed by atoms with E-state index in [1.807, 2.05) is 13.8 Å². The molecule has 0 bridgehead atoms. The van der Waals surface area contributed by atoms with Crippen molar-refractivity contribution in [3.8, 4) is 0 Å². The number of nitrogens with zero attached hydrogens (tertiary/aromatic N) is 1. The molecule has 5 nitrogen and oxygen atoms in total. The fourth-order valence-corrected chi connectivity index (χ4v) is 3.67. The van der Waals surface area contributed by atoms with E-state index in [1.54, 1.807) is 0 Å². The highest BCUT2D eigenvalue weighted by molar-refractivity contribution is 14.0. The van der Waals surface area contributed by atoms with Gasteiger partial charge in [0.1, 0.15) is 0 Å². The van der Waals surface area contributed by atoms with Crippen LogP contribution in [0.2, 0.25) is 0 Å². The highest BCUT2D eigenvalue weighted by atomic mass is 127. The molecule has 0 aliphatic heterocycles. The fraction of sp³-hybridized carbons (Fsp3) is 0.875.